The molecule has 1 aromatic rings. The van der Waals surface area contributed by atoms with Gasteiger partial charge < -0.3 is 15.2 Å². The minimum atomic E-state index is 0.556. The van der Waals surface area contributed by atoms with Gasteiger partial charge in [0.2, 0.25) is 0 Å². The van der Waals surface area contributed by atoms with Crippen LogP contribution in [0.4, 0.5) is 0 Å². The summed E-state index contributed by atoms with van der Waals surface area (Å²) in [6.07, 6.45) is 1.17. The number of rotatable bonds is 4. The molecule has 15 heavy (non-hydrogen) atoms. The molecule has 0 bridgehead atoms. The maximum Gasteiger partial charge on any atom is 0.164 e. The molecule has 0 aromatic heterocycles. The van der Waals surface area contributed by atoms with Gasteiger partial charge in [0.15, 0.2) is 11.5 Å². The Kier molecular flexibility index (Phi) is 2.82. The standard InChI is InChI=1S/C12H17NO2/c1-14-11-5-3-4-9(12(11)15-2)10-6-8(10)7-13/h3-5,8,10H,6-7,13H2,1-2H3/t8-,10+/m1/s1. The summed E-state index contributed by atoms with van der Waals surface area (Å²) in [6, 6.07) is 6.02. The molecule has 1 aliphatic carbocycles. The summed E-state index contributed by atoms with van der Waals surface area (Å²) < 4.78 is 10.7. The highest BCUT2D eigenvalue weighted by molar-refractivity contribution is 5.50. The van der Waals surface area contributed by atoms with Crippen molar-refractivity contribution in [1.29, 1.82) is 0 Å². The van der Waals surface area contributed by atoms with E-state index in [-0.39, 0.29) is 0 Å². The zero-order valence-corrected chi connectivity index (χ0v) is 9.19. The Morgan fingerprint density at radius 1 is 1.33 bits per heavy atom. The molecule has 1 aromatic carbocycles. The maximum atomic E-state index is 5.65. The number of benzene rings is 1. The van der Waals surface area contributed by atoms with Crippen LogP contribution in [0.2, 0.25) is 0 Å². The van der Waals surface area contributed by atoms with Crippen molar-refractivity contribution in [2.24, 2.45) is 11.7 Å². The molecule has 1 saturated carbocycles. The normalized spacial score (nSPS) is 23.7. The zero-order valence-electron chi connectivity index (χ0n) is 9.19. The summed E-state index contributed by atoms with van der Waals surface area (Å²) in [5, 5.41) is 0. The van der Waals surface area contributed by atoms with Crippen LogP contribution in [-0.2, 0) is 0 Å². The van der Waals surface area contributed by atoms with Crippen LogP contribution < -0.4 is 15.2 Å². The first-order chi connectivity index (χ1) is 7.31. The Hall–Kier alpha value is -1.22. The molecule has 2 rings (SSSR count). The first-order valence-corrected chi connectivity index (χ1v) is 5.22. The number of nitrogens with two attached hydrogens (primary N) is 1. The van der Waals surface area contributed by atoms with Gasteiger partial charge in [0.25, 0.3) is 0 Å². The highest BCUT2D eigenvalue weighted by Gasteiger charge is 2.39. The SMILES string of the molecule is COc1cccc([C@H]2C[C@@H]2CN)c1OC. The lowest BCUT2D eigenvalue weighted by atomic mass is 10.1. The topological polar surface area (TPSA) is 44.5 Å². The summed E-state index contributed by atoms with van der Waals surface area (Å²) in [7, 11) is 3.34. The fraction of sp³-hybridized carbons (Fsp3) is 0.500. The Balaban J connectivity index is 2.31. The average Bonchev–Trinajstić information content (AvgIpc) is 3.07. The summed E-state index contributed by atoms with van der Waals surface area (Å²) in [5.41, 5.74) is 6.88. The van der Waals surface area contributed by atoms with Crippen molar-refractivity contribution < 1.29 is 9.47 Å². The summed E-state index contributed by atoms with van der Waals surface area (Å²) in [4.78, 5) is 0. The molecule has 0 radical (unpaired) electrons. The zero-order chi connectivity index (χ0) is 10.8. The maximum absolute atomic E-state index is 5.65. The van der Waals surface area contributed by atoms with E-state index in [0.717, 1.165) is 18.0 Å². The van der Waals surface area contributed by atoms with Gasteiger partial charge in [0.05, 0.1) is 14.2 Å². The monoisotopic (exact) mass is 207 g/mol. The van der Waals surface area contributed by atoms with E-state index >= 15 is 0 Å². The third-order valence-electron chi connectivity index (χ3n) is 3.06. The van der Waals surface area contributed by atoms with Gasteiger partial charge in [0, 0.05) is 5.56 Å². The van der Waals surface area contributed by atoms with Crippen molar-refractivity contribution in [2.75, 3.05) is 20.8 Å². The van der Waals surface area contributed by atoms with E-state index in [1.165, 1.54) is 12.0 Å². The lowest BCUT2D eigenvalue weighted by Crippen LogP contribution is -2.03. The number of hydrogen-bond acceptors (Lipinski definition) is 3. The molecule has 2 N–H and O–H groups in total. The second kappa shape index (κ2) is 4.11. The van der Waals surface area contributed by atoms with Crippen molar-refractivity contribution in [3.05, 3.63) is 23.8 Å². The molecule has 2 atom stereocenters. The van der Waals surface area contributed by atoms with E-state index in [4.69, 9.17) is 15.2 Å². The van der Waals surface area contributed by atoms with E-state index in [1.54, 1.807) is 14.2 Å². The van der Waals surface area contributed by atoms with Crippen molar-refractivity contribution in [2.45, 2.75) is 12.3 Å². The van der Waals surface area contributed by atoms with E-state index in [1.807, 2.05) is 12.1 Å². The van der Waals surface area contributed by atoms with Gasteiger partial charge >= 0.3 is 0 Å². The van der Waals surface area contributed by atoms with Gasteiger partial charge in [-0.05, 0) is 30.9 Å². The smallest absolute Gasteiger partial charge is 0.164 e. The highest BCUT2D eigenvalue weighted by Crippen LogP contribution is 2.51. The second-order valence-electron chi connectivity index (χ2n) is 3.92. The van der Waals surface area contributed by atoms with Crippen LogP contribution >= 0.6 is 0 Å². The van der Waals surface area contributed by atoms with Crippen molar-refractivity contribution in [3.8, 4) is 11.5 Å². The number of methoxy groups -OCH3 is 2. The molecule has 1 aliphatic rings. The first-order valence-electron chi connectivity index (χ1n) is 5.22. The summed E-state index contributed by atoms with van der Waals surface area (Å²) in [5.74, 6) is 2.84. The lowest BCUT2D eigenvalue weighted by molar-refractivity contribution is 0.351. The Morgan fingerprint density at radius 3 is 2.67 bits per heavy atom. The molecule has 0 saturated heterocycles. The Labute approximate surface area is 90.2 Å². The minimum Gasteiger partial charge on any atom is -0.493 e. The predicted molar refractivity (Wildman–Crippen MR) is 59.4 cm³/mol. The van der Waals surface area contributed by atoms with E-state index in [9.17, 15) is 0 Å². The average molecular weight is 207 g/mol. The van der Waals surface area contributed by atoms with E-state index in [2.05, 4.69) is 6.07 Å². The van der Waals surface area contributed by atoms with Crippen molar-refractivity contribution in [3.63, 3.8) is 0 Å². The van der Waals surface area contributed by atoms with Gasteiger partial charge in [-0.1, -0.05) is 12.1 Å². The van der Waals surface area contributed by atoms with Gasteiger partial charge in [-0.3, -0.25) is 0 Å². The molecule has 82 valence electrons. The van der Waals surface area contributed by atoms with Crippen LogP contribution in [0.1, 0.15) is 17.9 Å². The molecule has 0 amide bonds. The molecular formula is C12H17NO2. The largest absolute Gasteiger partial charge is 0.493 e. The minimum absolute atomic E-state index is 0.556. The molecule has 0 spiro atoms. The number of ether oxygens (including phenoxy) is 2. The van der Waals surface area contributed by atoms with Gasteiger partial charge in [0.1, 0.15) is 0 Å². The Bertz CT molecular complexity index is 351. The van der Waals surface area contributed by atoms with Crippen LogP contribution in [0.5, 0.6) is 11.5 Å². The van der Waals surface area contributed by atoms with E-state index in [0.29, 0.717) is 11.8 Å². The van der Waals surface area contributed by atoms with Gasteiger partial charge in [-0.2, -0.15) is 0 Å². The van der Waals surface area contributed by atoms with Crippen LogP contribution in [0.15, 0.2) is 18.2 Å². The van der Waals surface area contributed by atoms with Gasteiger partial charge in [-0.25, -0.2) is 0 Å². The number of para-hydroxylation sites is 1. The Morgan fingerprint density at radius 2 is 2.13 bits per heavy atom. The van der Waals surface area contributed by atoms with Crippen molar-refractivity contribution in [1.82, 2.24) is 0 Å². The quantitative estimate of drug-likeness (QED) is 0.818. The third-order valence-corrected chi connectivity index (χ3v) is 3.06. The van der Waals surface area contributed by atoms with Crippen LogP contribution in [0.3, 0.4) is 0 Å². The van der Waals surface area contributed by atoms with Gasteiger partial charge in [-0.15, -0.1) is 0 Å². The summed E-state index contributed by atoms with van der Waals surface area (Å²) >= 11 is 0. The molecule has 3 heteroatoms. The lowest BCUT2D eigenvalue weighted by Gasteiger charge is -2.12. The van der Waals surface area contributed by atoms with Crippen LogP contribution in [0.25, 0.3) is 0 Å². The molecular weight excluding hydrogens is 190 g/mol. The first kappa shape index (κ1) is 10.3. The molecule has 0 heterocycles. The fourth-order valence-electron chi connectivity index (χ4n) is 2.09. The fourth-order valence-corrected chi connectivity index (χ4v) is 2.09. The summed E-state index contributed by atoms with van der Waals surface area (Å²) in [6.45, 7) is 0.755. The number of hydrogen-bond donors (Lipinski definition) is 1. The molecule has 0 aliphatic heterocycles. The molecule has 1 fully saturated rings. The second-order valence-corrected chi connectivity index (χ2v) is 3.92. The van der Waals surface area contributed by atoms with Crippen LogP contribution in [0, 0.1) is 5.92 Å². The highest BCUT2D eigenvalue weighted by atomic mass is 16.5. The van der Waals surface area contributed by atoms with Crippen molar-refractivity contribution >= 4 is 0 Å². The third kappa shape index (κ3) is 1.79. The van der Waals surface area contributed by atoms with E-state index < -0.39 is 0 Å². The van der Waals surface area contributed by atoms with Crippen LogP contribution in [-0.4, -0.2) is 20.8 Å². The molecule has 3 nitrogen and oxygen atoms in total. The molecule has 0 unspecified atom stereocenters. The predicted octanol–water partition coefficient (Wildman–Crippen LogP) is 1.77.